The molecule has 0 bridgehead atoms. The van der Waals surface area contributed by atoms with Crippen LogP contribution in [0.5, 0.6) is 11.5 Å². The number of sulfone groups is 1. The second kappa shape index (κ2) is 11.7. The fraction of sp³-hybridized carbons (Fsp3) is 0.406. The number of aliphatic carboxylic acids is 1. The minimum Gasteiger partial charge on any atom is -0.494 e. The van der Waals surface area contributed by atoms with Crippen LogP contribution in [0.1, 0.15) is 59.5 Å². The van der Waals surface area contributed by atoms with Crippen LogP contribution in [-0.4, -0.2) is 43.7 Å². The van der Waals surface area contributed by atoms with Crippen LogP contribution >= 0.6 is 0 Å². The molecule has 0 saturated heterocycles. The maximum atomic E-state index is 14.7. The van der Waals surface area contributed by atoms with E-state index in [0.29, 0.717) is 36.6 Å². The summed E-state index contributed by atoms with van der Waals surface area (Å²) in [5.41, 5.74) is 7.23. The van der Waals surface area contributed by atoms with Crippen molar-refractivity contribution in [3.05, 3.63) is 76.1 Å². The summed E-state index contributed by atoms with van der Waals surface area (Å²) in [6.45, 7) is 6.81. The summed E-state index contributed by atoms with van der Waals surface area (Å²) in [4.78, 5) is 10.9. The monoisotopic (exact) mass is 581 g/mol. The van der Waals surface area contributed by atoms with Gasteiger partial charge >= 0.3 is 5.97 Å². The Labute approximate surface area is 240 Å². The van der Waals surface area contributed by atoms with E-state index in [2.05, 4.69) is 23.5 Å². The zero-order chi connectivity index (χ0) is 29.3. The molecule has 0 aromatic heterocycles. The summed E-state index contributed by atoms with van der Waals surface area (Å²) in [6, 6.07) is 13.0. The van der Waals surface area contributed by atoms with E-state index >= 15 is 0 Å². The third-order valence-corrected chi connectivity index (χ3v) is 10.2. The molecule has 5 rings (SSSR count). The van der Waals surface area contributed by atoms with Gasteiger partial charge < -0.3 is 19.9 Å². The first kappa shape index (κ1) is 28.9. The summed E-state index contributed by atoms with van der Waals surface area (Å²) in [6.07, 6.45) is 2.02. The third-order valence-electron chi connectivity index (χ3n) is 7.82. The number of benzene rings is 3. The summed E-state index contributed by atoms with van der Waals surface area (Å²) in [5.74, 6) is -0.0129. The molecule has 2 N–H and O–H groups in total. The average molecular weight is 582 g/mol. The van der Waals surface area contributed by atoms with Crippen LogP contribution in [0.25, 0.3) is 11.1 Å². The molecule has 1 fully saturated rings. The lowest BCUT2D eigenvalue weighted by Crippen LogP contribution is -2.25. The summed E-state index contributed by atoms with van der Waals surface area (Å²) < 4.78 is 50.9. The zero-order valence-corrected chi connectivity index (χ0v) is 24.4. The molecule has 0 radical (unpaired) electrons. The highest BCUT2D eigenvalue weighted by atomic mass is 32.2. The van der Waals surface area contributed by atoms with E-state index in [0.717, 1.165) is 52.0 Å². The molecular weight excluding hydrogens is 545 g/mol. The number of carboxylic acid groups (broad SMARTS) is 1. The average Bonchev–Trinajstić information content (AvgIpc) is 3.77. The van der Waals surface area contributed by atoms with E-state index in [-0.39, 0.29) is 29.9 Å². The van der Waals surface area contributed by atoms with Crippen LogP contribution in [-0.2, 0) is 21.1 Å². The molecule has 1 saturated carbocycles. The predicted octanol–water partition coefficient (Wildman–Crippen LogP) is 6.33. The number of rotatable bonds is 11. The van der Waals surface area contributed by atoms with Gasteiger partial charge in [-0.25, -0.2) is 12.8 Å². The molecular formula is C32H36FNO6S. The number of aryl methyl sites for hydroxylation is 4. The number of ether oxygens (including phenoxy) is 2. The number of carboxylic acids is 1. The fourth-order valence-electron chi connectivity index (χ4n) is 5.51. The summed E-state index contributed by atoms with van der Waals surface area (Å²) >= 11 is 0. The second-order valence-corrected chi connectivity index (χ2v) is 13.5. The first-order valence-corrected chi connectivity index (χ1v) is 15.7. The Morgan fingerprint density at radius 1 is 1.07 bits per heavy atom. The summed E-state index contributed by atoms with van der Waals surface area (Å²) in [7, 11) is -2.98. The molecule has 2 aliphatic rings. The number of halogens is 1. The highest BCUT2D eigenvalue weighted by Gasteiger charge is 2.34. The van der Waals surface area contributed by atoms with Gasteiger partial charge in [-0.3, -0.25) is 4.79 Å². The lowest BCUT2D eigenvalue weighted by atomic mass is 9.90. The van der Waals surface area contributed by atoms with Crippen molar-refractivity contribution in [1.29, 1.82) is 0 Å². The van der Waals surface area contributed by atoms with Crippen molar-refractivity contribution in [2.45, 2.75) is 64.2 Å². The summed E-state index contributed by atoms with van der Waals surface area (Å²) in [5, 5.41) is 12.2. The molecule has 3 aromatic carbocycles. The molecule has 41 heavy (non-hydrogen) atoms. The maximum Gasteiger partial charge on any atom is 0.303 e. The lowest BCUT2D eigenvalue weighted by molar-refractivity contribution is -0.136. The van der Waals surface area contributed by atoms with Crippen molar-refractivity contribution in [2.75, 3.05) is 24.3 Å². The molecule has 218 valence electrons. The standard InChI is InChI=1S/C32H36FNO6S/c1-19-5-6-23(32-20(2)13-24(14-21(32)3)39-11-4-12-41(37,38)25-8-9-25)15-26(19)29-18-40-30-16-22(7-10-31(35)36)27(33)17-28(30)34-29/h5-6,13-17,25,29,34H,4,7-12,18H2,1-3H3,(H,35,36). The molecule has 1 heterocycles. The predicted molar refractivity (Wildman–Crippen MR) is 157 cm³/mol. The minimum atomic E-state index is -2.98. The number of nitrogens with one attached hydrogen (secondary N) is 1. The van der Waals surface area contributed by atoms with E-state index in [9.17, 15) is 17.6 Å². The number of fused-ring (bicyclic) bond motifs is 1. The number of anilines is 1. The van der Waals surface area contributed by atoms with Crippen molar-refractivity contribution < 1.29 is 32.2 Å². The van der Waals surface area contributed by atoms with Gasteiger partial charge in [0.1, 0.15) is 23.9 Å². The van der Waals surface area contributed by atoms with E-state index in [4.69, 9.17) is 14.6 Å². The van der Waals surface area contributed by atoms with Crippen molar-refractivity contribution in [2.24, 2.45) is 0 Å². The van der Waals surface area contributed by atoms with Crippen LogP contribution in [0, 0.1) is 26.6 Å². The zero-order valence-electron chi connectivity index (χ0n) is 23.6. The van der Waals surface area contributed by atoms with E-state index < -0.39 is 21.6 Å². The van der Waals surface area contributed by atoms with Gasteiger partial charge in [0.2, 0.25) is 0 Å². The van der Waals surface area contributed by atoms with Crippen LogP contribution in [0.3, 0.4) is 0 Å². The van der Waals surface area contributed by atoms with Gasteiger partial charge in [-0.2, -0.15) is 0 Å². The van der Waals surface area contributed by atoms with E-state index in [1.54, 1.807) is 6.07 Å². The lowest BCUT2D eigenvalue weighted by Gasteiger charge is -2.30. The molecule has 9 heteroatoms. The van der Waals surface area contributed by atoms with Gasteiger partial charge in [-0.05, 0) is 110 Å². The van der Waals surface area contributed by atoms with Gasteiger partial charge in [-0.15, -0.1) is 0 Å². The Kier molecular flexibility index (Phi) is 8.27. The number of carbonyl (C=O) groups is 1. The topological polar surface area (TPSA) is 102 Å². The first-order valence-electron chi connectivity index (χ1n) is 14.0. The van der Waals surface area contributed by atoms with Crippen molar-refractivity contribution in [1.82, 2.24) is 0 Å². The highest BCUT2D eigenvalue weighted by Crippen LogP contribution is 2.39. The van der Waals surface area contributed by atoms with Crippen LogP contribution < -0.4 is 14.8 Å². The van der Waals surface area contributed by atoms with E-state index in [1.165, 1.54) is 6.07 Å². The molecule has 1 atom stereocenters. The van der Waals surface area contributed by atoms with E-state index in [1.807, 2.05) is 32.9 Å². The SMILES string of the molecule is Cc1ccc(-c2c(C)cc(OCCCS(=O)(=O)C3CC3)cc2C)cc1C1COc2cc(CCC(=O)O)c(F)cc2N1. The van der Waals surface area contributed by atoms with Crippen molar-refractivity contribution >= 4 is 21.5 Å². The van der Waals surface area contributed by atoms with Gasteiger partial charge in [-0.1, -0.05) is 12.1 Å². The highest BCUT2D eigenvalue weighted by molar-refractivity contribution is 7.92. The normalized spacial score (nSPS) is 16.4. The van der Waals surface area contributed by atoms with Gasteiger partial charge in [0.25, 0.3) is 0 Å². The van der Waals surface area contributed by atoms with Crippen molar-refractivity contribution in [3.8, 4) is 22.6 Å². The molecule has 7 nitrogen and oxygen atoms in total. The van der Waals surface area contributed by atoms with Gasteiger partial charge in [0.05, 0.1) is 29.3 Å². The number of hydrogen-bond donors (Lipinski definition) is 2. The Morgan fingerprint density at radius 2 is 1.80 bits per heavy atom. The molecule has 0 amide bonds. The van der Waals surface area contributed by atoms with Crippen LogP contribution in [0.4, 0.5) is 10.1 Å². The molecule has 0 spiro atoms. The third kappa shape index (κ3) is 6.67. The van der Waals surface area contributed by atoms with Gasteiger partial charge in [0.15, 0.2) is 9.84 Å². The van der Waals surface area contributed by atoms with Crippen LogP contribution in [0.2, 0.25) is 0 Å². The van der Waals surface area contributed by atoms with Gasteiger partial charge in [0, 0.05) is 12.5 Å². The van der Waals surface area contributed by atoms with Crippen molar-refractivity contribution in [3.63, 3.8) is 0 Å². The quantitative estimate of drug-likeness (QED) is 0.255. The Morgan fingerprint density at radius 3 is 2.49 bits per heavy atom. The Hall–Kier alpha value is -3.59. The largest absolute Gasteiger partial charge is 0.494 e. The molecule has 3 aromatic rings. The Bertz CT molecular complexity index is 1560. The molecule has 1 unspecified atom stereocenters. The molecule has 1 aliphatic heterocycles. The molecule has 1 aliphatic carbocycles. The maximum absolute atomic E-state index is 14.7. The Balaban J connectivity index is 1.30. The van der Waals surface area contributed by atoms with Crippen LogP contribution in [0.15, 0.2) is 42.5 Å². The second-order valence-electron chi connectivity index (χ2n) is 11.1. The number of hydrogen-bond acceptors (Lipinski definition) is 6. The first-order chi connectivity index (χ1) is 19.5. The fourth-order valence-corrected chi connectivity index (χ4v) is 7.22. The minimum absolute atomic E-state index is 0.104. The smallest absolute Gasteiger partial charge is 0.303 e.